The fourth-order valence-corrected chi connectivity index (χ4v) is 2.48. The minimum absolute atomic E-state index is 0.236. The molecule has 0 spiro atoms. The summed E-state index contributed by atoms with van der Waals surface area (Å²) in [5.41, 5.74) is 2.36. The molecule has 3 heterocycles. The molecule has 0 atom stereocenters. The van der Waals surface area contributed by atoms with Crippen molar-refractivity contribution in [3.63, 3.8) is 0 Å². The Morgan fingerprint density at radius 3 is 2.78 bits per heavy atom. The molecule has 8 heteroatoms. The number of hydrogen-bond acceptors (Lipinski definition) is 6. The van der Waals surface area contributed by atoms with Crippen molar-refractivity contribution in [3.05, 3.63) is 41.1 Å². The molecule has 3 aromatic rings. The smallest absolute Gasteiger partial charge is 0.356 e. The van der Waals surface area contributed by atoms with Gasteiger partial charge in [0.2, 0.25) is 5.89 Å². The Balaban J connectivity index is 1.93. The molecule has 0 amide bonds. The molecule has 3 aromatic heterocycles. The Bertz CT molecular complexity index is 839. The maximum absolute atomic E-state index is 11.4. The van der Waals surface area contributed by atoms with Crippen molar-refractivity contribution in [2.45, 2.75) is 13.5 Å². The van der Waals surface area contributed by atoms with Gasteiger partial charge in [0.1, 0.15) is 11.4 Å². The van der Waals surface area contributed by atoms with Crippen LogP contribution >= 0.6 is 15.9 Å². The van der Waals surface area contributed by atoms with Crippen LogP contribution in [0.25, 0.3) is 22.7 Å². The normalized spacial score (nSPS) is 10.7. The topological polar surface area (TPSA) is 83.0 Å². The Morgan fingerprint density at radius 1 is 1.35 bits per heavy atom. The number of aryl methyl sites for hydroxylation is 1. The van der Waals surface area contributed by atoms with E-state index in [1.165, 1.54) is 7.11 Å². The second-order valence-electron chi connectivity index (χ2n) is 4.65. The number of halogens is 1. The average molecular weight is 377 g/mol. The number of pyridine rings is 1. The number of rotatable bonds is 4. The molecule has 0 saturated heterocycles. The minimum atomic E-state index is -0.483. The number of oxazole rings is 1. The van der Waals surface area contributed by atoms with E-state index in [1.54, 1.807) is 29.2 Å². The highest BCUT2D eigenvalue weighted by molar-refractivity contribution is 9.10. The second kappa shape index (κ2) is 6.33. The van der Waals surface area contributed by atoms with E-state index in [1.807, 2.05) is 13.1 Å². The van der Waals surface area contributed by atoms with Gasteiger partial charge in [0.25, 0.3) is 0 Å². The first-order valence-corrected chi connectivity index (χ1v) is 7.65. The number of nitrogens with zero attached hydrogens (tertiary/aromatic N) is 4. The van der Waals surface area contributed by atoms with E-state index in [0.29, 0.717) is 16.3 Å². The lowest BCUT2D eigenvalue weighted by molar-refractivity contribution is 0.0594. The van der Waals surface area contributed by atoms with Gasteiger partial charge in [0.15, 0.2) is 4.67 Å². The van der Waals surface area contributed by atoms with Crippen LogP contribution in [0.5, 0.6) is 0 Å². The molecule has 23 heavy (non-hydrogen) atoms. The molecule has 0 aliphatic carbocycles. The first-order valence-electron chi connectivity index (χ1n) is 6.86. The average Bonchev–Trinajstić information content (AvgIpc) is 3.20. The zero-order valence-electron chi connectivity index (χ0n) is 12.5. The summed E-state index contributed by atoms with van der Waals surface area (Å²) >= 11 is 3.36. The molecule has 0 saturated carbocycles. The molecular formula is C15H13BrN4O3. The lowest BCUT2D eigenvalue weighted by Crippen LogP contribution is -2.03. The highest BCUT2D eigenvalue weighted by atomic mass is 79.9. The molecule has 0 bridgehead atoms. The van der Waals surface area contributed by atoms with Crippen LogP contribution < -0.4 is 0 Å². The largest absolute Gasteiger partial charge is 0.464 e. The molecule has 0 aliphatic heterocycles. The summed E-state index contributed by atoms with van der Waals surface area (Å²) in [7, 11) is 1.31. The van der Waals surface area contributed by atoms with Crippen molar-refractivity contribution in [1.82, 2.24) is 19.7 Å². The highest BCUT2D eigenvalue weighted by Crippen LogP contribution is 2.32. The third-order valence-electron chi connectivity index (χ3n) is 3.22. The van der Waals surface area contributed by atoms with E-state index in [0.717, 1.165) is 17.7 Å². The first-order chi connectivity index (χ1) is 11.1. The van der Waals surface area contributed by atoms with Crippen LogP contribution in [0.1, 0.15) is 17.4 Å². The molecule has 0 radical (unpaired) electrons. The quantitative estimate of drug-likeness (QED) is 0.650. The van der Waals surface area contributed by atoms with Gasteiger partial charge < -0.3 is 9.15 Å². The summed E-state index contributed by atoms with van der Waals surface area (Å²) < 4.78 is 12.6. The van der Waals surface area contributed by atoms with Crippen molar-refractivity contribution in [2.24, 2.45) is 0 Å². The van der Waals surface area contributed by atoms with E-state index in [-0.39, 0.29) is 5.69 Å². The van der Waals surface area contributed by atoms with Crippen molar-refractivity contribution in [2.75, 3.05) is 7.11 Å². The minimum Gasteiger partial charge on any atom is -0.464 e. The SMILES string of the molecule is CCn1cc(-c2nc(-c3ccc(C(=O)OC)nc3)c(Br)o2)cn1. The number of carbonyl (C=O) groups is 1. The summed E-state index contributed by atoms with van der Waals surface area (Å²) in [6.45, 7) is 2.77. The third kappa shape index (κ3) is 3.02. The van der Waals surface area contributed by atoms with Crippen molar-refractivity contribution >= 4 is 21.9 Å². The number of esters is 1. The monoisotopic (exact) mass is 376 g/mol. The molecule has 118 valence electrons. The zero-order valence-corrected chi connectivity index (χ0v) is 14.1. The maximum atomic E-state index is 11.4. The van der Waals surface area contributed by atoms with Crippen molar-refractivity contribution < 1.29 is 13.9 Å². The van der Waals surface area contributed by atoms with Crippen LogP contribution in [0.4, 0.5) is 0 Å². The van der Waals surface area contributed by atoms with E-state index < -0.39 is 5.97 Å². The van der Waals surface area contributed by atoms with E-state index in [9.17, 15) is 4.79 Å². The van der Waals surface area contributed by atoms with Crippen LogP contribution in [0.2, 0.25) is 0 Å². The van der Waals surface area contributed by atoms with Gasteiger partial charge in [-0.05, 0) is 35.0 Å². The van der Waals surface area contributed by atoms with E-state index in [2.05, 4.69) is 35.7 Å². The fourth-order valence-electron chi connectivity index (χ4n) is 2.01. The van der Waals surface area contributed by atoms with Gasteiger partial charge in [0, 0.05) is 24.5 Å². The van der Waals surface area contributed by atoms with Crippen LogP contribution in [0, 0.1) is 0 Å². The van der Waals surface area contributed by atoms with E-state index >= 15 is 0 Å². The summed E-state index contributed by atoms with van der Waals surface area (Å²) in [4.78, 5) is 20.0. The lowest BCUT2D eigenvalue weighted by Gasteiger charge is -1.99. The number of methoxy groups -OCH3 is 1. The van der Waals surface area contributed by atoms with Gasteiger partial charge in [-0.2, -0.15) is 5.10 Å². The lowest BCUT2D eigenvalue weighted by atomic mass is 10.2. The van der Waals surface area contributed by atoms with Gasteiger partial charge >= 0.3 is 5.97 Å². The van der Waals surface area contributed by atoms with Gasteiger partial charge in [-0.15, -0.1) is 0 Å². The summed E-state index contributed by atoms with van der Waals surface area (Å²) in [5.74, 6) is -0.0212. The predicted octanol–water partition coefficient (Wildman–Crippen LogP) is 3.17. The van der Waals surface area contributed by atoms with Crippen LogP contribution in [0.15, 0.2) is 39.8 Å². The van der Waals surface area contributed by atoms with Gasteiger partial charge in [0.05, 0.1) is 18.9 Å². The third-order valence-corrected chi connectivity index (χ3v) is 3.76. The second-order valence-corrected chi connectivity index (χ2v) is 5.37. The van der Waals surface area contributed by atoms with Crippen LogP contribution in [0.3, 0.4) is 0 Å². The molecule has 0 aliphatic rings. The Morgan fingerprint density at radius 2 is 2.17 bits per heavy atom. The standard InChI is InChI=1S/C15H13BrN4O3/c1-3-20-8-10(7-18-20)14-19-12(13(16)23-14)9-4-5-11(17-6-9)15(21)22-2/h4-8H,3H2,1-2H3. The molecule has 0 fully saturated rings. The summed E-state index contributed by atoms with van der Waals surface area (Å²) in [6, 6.07) is 3.32. The molecular weight excluding hydrogens is 364 g/mol. The molecule has 7 nitrogen and oxygen atoms in total. The van der Waals surface area contributed by atoms with Crippen molar-refractivity contribution in [1.29, 1.82) is 0 Å². The van der Waals surface area contributed by atoms with Crippen LogP contribution in [-0.4, -0.2) is 32.8 Å². The molecule has 3 rings (SSSR count). The highest BCUT2D eigenvalue weighted by Gasteiger charge is 2.16. The Hall–Kier alpha value is -2.48. The molecule has 0 unspecified atom stereocenters. The fraction of sp³-hybridized carbons (Fsp3) is 0.200. The Labute approximate surface area is 140 Å². The Kier molecular flexibility index (Phi) is 4.24. The number of hydrogen-bond donors (Lipinski definition) is 0. The predicted molar refractivity (Wildman–Crippen MR) is 85.7 cm³/mol. The molecule has 0 aromatic carbocycles. The zero-order chi connectivity index (χ0) is 16.4. The number of aromatic nitrogens is 4. The van der Waals surface area contributed by atoms with Crippen molar-refractivity contribution in [3.8, 4) is 22.7 Å². The van der Waals surface area contributed by atoms with Gasteiger partial charge in [-0.3, -0.25) is 4.68 Å². The number of carbonyl (C=O) groups excluding carboxylic acids is 1. The van der Waals surface area contributed by atoms with Gasteiger partial charge in [-0.1, -0.05) is 0 Å². The van der Waals surface area contributed by atoms with Crippen LogP contribution in [-0.2, 0) is 11.3 Å². The first kappa shape index (κ1) is 15.4. The molecule has 0 N–H and O–H groups in total. The maximum Gasteiger partial charge on any atom is 0.356 e. The van der Waals surface area contributed by atoms with Gasteiger partial charge in [-0.25, -0.2) is 14.8 Å². The number of ether oxygens (including phenoxy) is 1. The summed E-state index contributed by atoms with van der Waals surface area (Å²) in [6.07, 6.45) is 5.11. The van der Waals surface area contributed by atoms with E-state index in [4.69, 9.17) is 4.42 Å². The summed E-state index contributed by atoms with van der Waals surface area (Å²) in [5, 5.41) is 4.20.